The van der Waals surface area contributed by atoms with Crippen molar-refractivity contribution in [1.82, 2.24) is 20.3 Å². The third-order valence-electron chi connectivity index (χ3n) is 5.30. The molecule has 4 rings (SSSR count). The van der Waals surface area contributed by atoms with Crippen LogP contribution in [0.25, 0.3) is 11.0 Å². The fourth-order valence-electron chi connectivity index (χ4n) is 3.69. The molecule has 24 heavy (non-hydrogen) atoms. The molecule has 7 heteroatoms. The molecule has 2 aromatic heterocycles. The van der Waals surface area contributed by atoms with Gasteiger partial charge in [0.2, 0.25) is 0 Å². The Bertz CT molecular complexity index is 734. The molecule has 2 fully saturated rings. The van der Waals surface area contributed by atoms with Crippen LogP contribution >= 0.6 is 0 Å². The van der Waals surface area contributed by atoms with E-state index < -0.39 is 11.8 Å². The Hall–Kier alpha value is -1.76. The first-order valence-electron chi connectivity index (χ1n) is 8.65. The molecule has 0 amide bonds. The van der Waals surface area contributed by atoms with Gasteiger partial charge >= 0.3 is 0 Å². The van der Waals surface area contributed by atoms with E-state index >= 15 is 0 Å². The summed E-state index contributed by atoms with van der Waals surface area (Å²) in [6.07, 6.45) is 5.19. The largest absolute Gasteiger partial charge is 0.365 e. The number of aromatic nitrogens is 3. The summed E-state index contributed by atoms with van der Waals surface area (Å²) in [6.45, 7) is 5.30. The van der Waals surface area contributed by atoms with Crippen molar-refractivity contribution in [2.75, 3.05) is 11.9 Å². The predicted octanol–water partition coefficient (Wildman–Crippen LogP) is 3.27. The van der Waals surface area contributed by atoms with Crippen LogP contribution in [-0.4, -0.2) is 39.5 Å². The fraction of sp³-hybridized carbons (Fsp3) is 0.647. The van der Waals surface area contributed by atoms with Crippen molar-refractivity contribution < 1.29 is 8.78 Å². The number of aromatic amines is 1. The lowest BCUT2D eigenvalue weighted by Crippen LogP contribution is -2.47. The Labute approximate surface area is 139 Å². The number of rotatable bonds is 4. The number of hydrogen-bond acceptors (Lipinski definition) is 4. The number of halogens is 2. The van der Waals surface area contributed by atoms with E-state index in [1.807, 2.05) is 0 Å². The van der Waals surface area contributed by atoms with Crippen LogP contribution in [0.1, 0.15) is 44.6 Å². The molecular formula is C17H23F2N5. The molecule has 1 aliphatic carbocycles. The average Bonchev–Trinajstić information content (AvgIpc) is 2.99. The number of hydrogen-bond donors (Lipinski definition) is 3. The lowest BCUT2D eigenvalue weighted by atomic mass is 9.93. The van der Waals surface area contributed by atoms with Crippen molar-refractivity contribution in [3.05, 3.63) is 18.1 Å². The van der Waals surface area contributed by atoms with Gasteiger partial charge in [-0.15, -0.1) is 0 Å². The SMILES string of the molecule is CC(C)[C@@H]1CC[C@H](Nc2ncnc3[nH]cc([C@@H]4CC4(F)F)c23)CN1. The van der Waals surface area contributed by atoms with E-state index in [9.17, 15) is 8.78 Å². The number of alkyl halides is 2. The molecular weight excluding hydrogens is 312 g/mol. The first kappa shape index (κ1) is 15.7. The van der Waals surface area contributed by atoms with Crippen LogP contribution < -0.4 is 10.6 Å². The minimum absolute atomic E-state index is 0.0880. The quantitative estimate of drug-likeness (QED) is 0.802. The van der Waals surface area contributed by atoms with Gasteiger partial charge in [-0.3, -0.25) is 0 Å². The van der Waals surface area contributed by atoms with Gasteiger partial charge < -0.3 is 15.6 Å². The summed E-state index contributed by atoms with van der Waals surface area (Å²) in [6, 6.07) is 0.794. The zero-order chi connectivity index (χ0) is 16.9. The van der Waals surface area contributed by atoms with Crippen LogP contribution in [0.2, 0.25) is 0 Å². The highest BCUT2D eigenvalue weighted by molar-refractivity contribution is 5.91. The maximum absolute atomic E-state index is 13.5. The summed E-state index contributed by atoms with van der Waals surface area (Å²) < 4.78 is 27.0. The molecule has 1 saturated carbocycles. The minimum Gasteiger partial charge on any atom is -0.365 e. The predicted molar refractivity (Wildman–Crippen MR) is 89.5 cm³/mol. The summed E-state index contributed by atoms with van der Waals surface area (Å²) in [5.74, 6) is -2.04. The van der Waals surface area contributed by atoms with E-state index in [4.69, 9.17) is 0 Å². The summed E-state index contributed by atoms with van der Waals surface area (Å²) in [5.41, 5.74) is 1.25. The Morgan fingerprint density at radius 3 is 2.71 bits per heavy atom. The number of fused-ring (bicyclic) bond motifs is 1. The molecule has 3 N–H and O–H groups in total. The molecule has 0 spiro atoms. The Balaban J connectivity index is 1.56. The topological polar surface area (TPSA) is 65.6 Å². The van der Waals surface area contributed by atoms with Gasteiger partial charge in [-0.2, -0.15) is 0 Å². The van der Waals surface area contributed by atoms with Gasteiger partial charge in [0.05, 0.1) is 11.3 Å². The van der Waals surface area contributed by atoms with Crippen LogP contribution in [0, 0.1) is 5.92 Å². The Morgan fingerprint density at radius 1 is 1.29 bits per heavy atom. The maximum Gasteiger partial charge on any atom is 0.256 e. The molecule has 0 aromatic carbocycles. The first-order valence-corrected chi connectivity index (χ1v) is 8.65. The van der Waals surface area contributed by atoms with Crippen LogP contribution in [0.4, 0.5) is 14.6 Å². The van der Waals surface area contributed by atoms with Gasteiger partial charge in [-0.05, 0) is 24.3 Å². The smallest absolute Gasteiger partial charge is 0.256 e. The highest BCUT2D eigenvalue weighted by Crippen LogP contribution is 2.57. The molecule has 0 bridgehead atoms. The molecule has 5 nitrogen and oxygen atoms in total. The molecule has 2 aromatic rings. The van der Waals surface area contributed by atoms with Crippen LogP contribution in [0.5, 0.6) is 0 Å². The molecule has 0 radical (unpaired) electrons. The van der Waals surface area contributed by atoms with E-state index in [1.165, 1.54) is 6.33 Å². The minimum atomic E-state index is -2.60. The van der Waals surface area contributed by atoms with E-state index in [0.717, 1.165) is 19.4 Å². The molecule has 0 unspecified atom stereocenters. The first-order chi connectivity index (χ1) is 11.5. The van der Waals surface area contributed by atoms with E-state index in [0.29, 0.717) is 34.4 Å². The Kier molecular flexibility index (Phi) is 3.71. The number of anilines is 1. The van der Waals surface area contributed by atoms with Crippen LogP contribution in [-0.2, 0) is 0 Å². The van der Waals surface area contributed by atoms with E-state index in [1.54, 1.807) is 6.20 Å². The number of nitrogens with zero attached hydrogens (tertiary/aromatic N) is 2. The monoisotopic (exact) mass is 335 g/mol. The molecule has 2 aliphatic rings. The third kappa shape index (κ3) is 2.75. The maximum atomic E-state index is 13.5. The number of piperidine rings is 1. The second-order valence-corrected chi connectivity index (χ2v) is 7.39. The molecule has 1 saturated heterocycles. The van der Waals surface area contributed by atoms with Gasteiger partial charge in [0.15, 0.2) is 0 Å². The van der Waals surface area contributed by atoms with Crippen LogP contribution in [0.15, 0.2) is 12.5 Å². The summed E-state index contributed by atoms with van der Waals surface area (Å²) in [7, 11) is 0. The zero-order valence-electron chi connectivity index (χ0n) is 13.9. The zero-order valence-corrected chi connectivity index (χ0v) is 13.9. The van der Waals surface area contributed by atoms with Gasteiger partial charge in [-0.1, -0.05) is 13.8 Å². The number of H-pyrrole nitrogens is 1. The fourth-order valence-corrected chi connectivity index (χ4v) is 3.69. The molecule has 1 aliphatic heterocycles. The number of nitrogens with one attached hydrogen (secondary N) is 3. The van der Waals surface area contributed by atoms with Crippen molar-refractivity contribution in [2.24, 2.45) is 5.92 Å². The van der Waals surface area contributed by atoms with E-state index in [-0.39, 0.29) is 12.5 Å². The van der Waals surface area contributed by atoms with Crippen molar-refractivity contribution in [2.45, 2.75) is 57.0 Å². The van der Waals surface area contributed by atoms with Gasteiger partial charge in [0.1, 0.15) is 17.8 Å². The van der Waals surface area contributed by atoms with Crippen molar-refractivity contribution in [1.29, 1.82) is 0 Å². The van der Waals surface area contributed by atoms with Gasteiger partial charge in [0, 0.05) is 31.2 Å². The lowest BCUT2D eigenvalue weighted by molar-refractivity contribution is 0.112. The summed E-state index contributed by atoms with van der Waals surface area (Å²) in [4.78, 5) is 11.5. The van der Waals surface area contributed by atoms with Crippen molar-refractivity contribution in [3.63, 3.8) is 0 Å². The van der Waals surface area contributed by atoms with Crippen molar-refractivity contribution in [3.8, 4) is 0 Å². The highest BCUT2D eigenvalue weighted by Gasteiger charge is 2.58. The second-order valence-electron chi connectivity index (χ2n) is 7.39. The van der Waals surface area contributed by atoms with Gasteiger partial charge in [-0.25, -0.2) is 18.7 Å². The van der Waals surface area contributed by atoms with Crippen LogP contribution in [0.3, 0.4) is 0 Å². The standard InChI is InChI=1S/C17H23F2N5/c1-9(2)13-4-3-10(6-20-13)24-16-14-11(12-5-17(12,18)19)7-21-15(14)22-8-23-16/h7-10,12-13,20H,3-6H2,1-2H3,(H2,21,22,23,24)/t10-,12-,13-/m0/s1. The van der Waals surface area contributed by atoms with Crippen molar-refractivity contribution >= 4 is 16.9 Å². The molecule has 3 atom stereocenters. The van der Waals surface area contributed by atoms with E-state index in [2.05, 4.69) is 39.4 Å². The highest BCUT2D eigenvalue weighted by atomic mass is 19.3. The summed E-state index contributed by atoms with van der Waals surface area (Å²) >= 11 is 0. The molecule has 130 valence electrons. The molecule has 3 heterocycles. The third-order valence-corrected chi connectivity index (χ3v) is 5.30. The Morgan fingerprint density at radius 2 is 2.08 bits per heavy atom. The van der Waals surface area contributed by atoms with Gasteiger partial charge in [0.25, 0.3) is 5.92 Å². The second kappa shape index (κ2) is 5.65. The lowest BCUT2D eigenvalue weighted by Gasteiger charge is -2.33. The summed E-state index contributed by atoms with van der Waals surface area (Å²) in [5, 5.41) is 7.71. The normalized spacial score (nSPS) is 29.1. The average molecular weight is 335 g/mol.